The summed E-state index contributed by atoms with van der Waals surface area (Å²) in [5.74, 6) is -1.13. The minimum atomic E-state index is -0.987. The van der Waals surface area contributed by atoms with Gasteiger partial charge in [0.1, 0.15) is 11.8 Å². The van der Waals surface area contributed by atoms with Gasteiger partial charge in [-0.1, -0.05) is 32.4 Å². The van der Waals surface area contributed by atoms with Crippen LogP contribution in [0.2, 0.25) is 0 Å². The maximum atomic E-state index is 12.2. The number of carboxylic acids is 1. The van der Waals surface area contributed by atoms with E-state index in [4.69, 9.17) is 0 Å². The van der Waals surface area contributed by atoms with Gasteiger partial charge in [0.15, 0.2) is 0 Å². The van der Waals surface area contributed by atoms with Crippen molar-refractivity contribution in [2.24, 2.45) is 11.8 Å². The highest BCUT2D eigenvalue weighted by Crippen LogP contribution is 2.47. The zero-order valence-electron chi connectivity index (χ0n) is 12.2. The van der Waals surface area contributed by atoms with Gasteiger partial charge in [-0.15, -0.1) is 0 Å². The first kappa shape index (κ1) is 15.4. The van der Waals surface area contributed by atoms with Crippen LogP contribution in [-0.4, -0.2) is 28.1 Å². The van der Waals surface area contributed by atoms with Crippen LogP contribution < -0.4 is 5.32 Å². The Hall–Kier alpha value is -2.04. The second kappa shape index (κ2) is 6.16. The van der Waals surface area contributed by atoms with Crippen LogP contribution in [-0.2, 0) is 9.59 Å². The molecule has 5 heteroatoms. The summed E-state index contributed by atoms with van der Waals surface area (Å²) < 4.78 is 0. The number of phenols is 1. The van der Waals surface area contributed by atoms with E-state index in [2.05, 4.69) is 5.32 Å². The molecule has 0 aliphatic heterocycles. The number of nitrogens with one attached hydrogen (secondary N) is 1. The molecule has 21 heavy (non-hydrogen) atoms. The summed E-state index contributed by atoms with van der Waals surface area (Å²) in [6.07, 6.45) is 1.42. The van der Waals surface area contributed by atoms with Crippen molar-refractivity contribution >= 4 is 11.9 Å². The van der Waals surface area contributed by atoms with Gasteiger partial charge >= 0.3 is 5.97 Å². The number of hydrogen-bond acceptors (Lipinski definition) is 3. The molecule has 1 aliphatic carbocycles. The Morgan fingerprint density at radius 2 is 1.95 bits per heavy atom. The van der Waals surface area contributed by atoms with Crippen molar-refractivity contribution in [2.45, 2.75) is 38.6 Å². The van der Waals surface area contributed by atoms with Gasteiger partial charge in [0.2, 0.25) is 5.91 Å². The third kappa shape index (κ3) is 3.54. The molecule has 1 aromatic rings. The van der Waals surface area contributed by atoms with E-state index in [9.17, 15) is 19.8 Å². The number of aromatic hydroxyl groups is 1. The first-order chi connectivity index (χ1) is 9.93. The van der Waals surface area contributed by atoms with E-state index in [-0.39, 0.29) is 29.4 Å². The van der Waals surface area contributed by atoms with Crippen molar-refractivity contribution in [3.05, 3.63) is 29.8 Å². The van der Waals surface area contributed by atoms with Crippen molar-refractivity contribution in [3.8, 4) is 5.75 Å². The van der Waals surface area contributed by atoms with Crippen molar-refractivity contribution < 1.29 is 19.8 Å². The maximum Gasteiger partial charge on any atom is 0.326 e. The Kier molecular flexibility index (Phi) is 4.50. The van der Waals surface area contributed by atoms with Crippen molar-refractivity contribution in [3.63, 3.8) is 0 Å². The Labute approximate surface area is 124 Å². The Morgan fingerprint density at radius 3 is 2.48 bits per heavy atom. The molecule has 1 amide bonds. The zero-order valence-corrected chi connectivity index (χ0v) is 12.2. The van der Waals surface area contributed by atoms with Gasteiger partial charge in [-0.3, -0.25) is 4.79 Å². The lowest BCUT2D eigenvalue weighted by Crippen LogP contribution is -2.45. The van der Waals surface area contributed by atoms with Crippen LogP contribution in [0, 0.1) is 11.8 Å². The predicted molar refractivity (Wildman–Crippen MR) is 78.0 cm³/mol. The number of carboxylic acid groups (broad SMARTS) is 1. The molecule has 1 aromatic carbocycles. The summed E-state index contributed by atoms with van der Waals surface area (Å²) in [5, 5.41) is 21.1. The highest BCUT2D eigenvalue weighted by molar-refractivity contribution is 5.87. The summed E-state index contributed by atoms with van der Waals surface area (Å²) in [6, 6.07) is 5.97. The number of phenolic OH excluding ortho intramolecular Hbond substituents is 1. The molecular weight excluding hydrogens is 270 g/mol. The fraction of sp³-hybridized carbons (Fsp3) is 0.500. The smallest absolute Gasteiger partial charge is 0.326 e. The van der Waals surface area contributed by atoms with Crippen LogP contribution >= 0.6 is 0 Å². The van der Waals surface area contributed by atoms with Gasteiger partial charge < -0.3 is 15.5 Å². The summed E-state index contributed by atoms with van der Waals surface area (Å²) in [5.41, 5.74) is 1.00. The number of rotatable bonds is 6. The largest absolute Gasteiger partial charge is 0.508 e. The molecule has 0 spiro atoms. The van der Waals surface area contributed by atoms with Gasteiger partial charge in [0.05, 0.1) is 0 Å². The molecule has 2 rings (SSSR count). The minimum absolute atomic E-state index is 0.0997. The molecule has 1 saturated carbocycles. The van der Waals surface area contributed by atoms with Crippen molar-refractivity contribution in [1.29, 1.82) is 0 Å². The van der Waals surface area contributed by atoms with Crippen LogP contribution in [0.1, 0.15) is 38.2 Å². The number of aliphatic carboxylic acids is 1. The van der Waals surface area contributed by atoms with Crippen molar-refractivity contribution in [2.75, 3.05) is 0 Å². The van der Waals surface area contributed by atoms with E-state index < -0.39 is 12.0 Å². The highest BCUT2D eigenvalue weighted by atomic mass is 16.4. The van der Waals surface area contributed by atoms with E-state index in [0.29, 0.717) is 6.42 Å². The van der Waals surface area contributed by atoms with Gasteiger partial charge in [0, 0.05) is 5.92 Å². The first-order valence-electron chi connectivity index (χ1n) is 7.26. The Morgan fingerprint density at radius 1 is 1.33 bits per heavy atom. The quantitative estimate of drug-likeness (QED) is 0.749. The Balaban J connectivity index is 1.96. The fourth-order valence-corrected chi connectivity index (χ4v) is 2.52. The molecule has 3 N–H and O–H groups in total. The van der Waals surface area contributed by atoms with Gasteiger partial charge in [-0.25, -0.2) is 4.79 Å². The summed E-state index contributed by atoms with van der Waals surface area (Å²) in [7, 11) is 0. The standard InChI is InChI=1S/C16H21NO4/c1-3-9(2)14(16(20)21)17-15(19)13-8-12(13)10-4-6-11(18)7-5-10/h4-7,9,12-14,18H,3,8H2,1-2H3,(H,17,19)(H,20,21). The molecule has 0 bridgehead atoms. The molecule has 114 valence electrons. The number of carbonyl (C=O) groups is 2. The number of carbonyl (C=O) groups excluding carboxylic acids is 1. The van der Waals surface area contributed by atoms with E-state index in [1.807, 2.05) is 13.8 Å². The molecule has 0 saturated heterocycles. The van der Waals surface area contributed by atoms with Crippen LogP contribution in [0.4, 0.5) is 0 Å². The number of benzene rings is 1. The van der Waals surface area contributed by atoms with Crippen LogP contribution in [0.15, 0.2) is 24.3 Å². The normalized spacial score (nSPS) is 23.1. The average Bonchev–Trinajstić information content (AvgIpc) is 3.24. The molecule has 1 fully saturated rings. The van der Waals surface area contributed by atoms with Crippen LogP contribution in [0.5, 0.6) is 5.75 Å². The molecule has 1 aliphatic rings. The van der Waals surface area contributed by atoms with Crippen LogP contribution in [0.3, 0.4) is 0 Å². The second-order valence-electron chi connectivity index (χ2n) is 5.75. The monoisotopic (exact) mass is 291 g/mol. The molecule has 4 unspecified atom stereocenters. The predicted octanol–water partition coefficient (Wildman–Crippen LogP) is 2.11. The van der Waals surface area contributed by atoms with Crippen LogP contribution in [0.25, 0.3) is 0 Å². The lowest BCUT2D eigenvalue weighted by atomic mass is 9.99. The maximum absolute atomic E-state index is 12.2. The molecule has 0 heterocycles. The molecule has 5 nitrogen and oxygen atoms in total. The molecular formula is C16H21NO4. The molecule has 4 atom stereocenters. The van der Waals surface area contributed by atoms with Gasteiger partial charge in [-0.2, -0.15) is 0 Å². The lowest BCUT2D eigenvalue weighted by Gasteiger charge is -2.20. The minimum Gasteiger partial charge on any atom is -0.508 e. The zero-order chi connectivity index (χ0) is 15.6. The average molecular weight is 291 g/mol. The van der Waals surface area contributed by atoms with E-state index in [0.717, 1.165) is 12.0 Å². The lowest BCUT2D eigenvalue weighted by molar-refractivity contribution is -0.143. The SMILES string of the molecule is CCC(C)C(NC(=O)C1CC1c1ccc(O)cc1)C(=O)O. The fourth-order valence-electron chi connectivity index (χ4n) is 2.52. The molecule has 0 aromatic heterocycles. The van der Waals surface area contributed by atoms with E-state index in [1.54, 1.807) is 24.3 Å². The topological polar surface area (TPSA) is 86.6 Å². The summed E-state index contributed by atoms with van der Waals surface area (Å²) >= 11 is 0. The van der Waals surface area contributed by atoms with Gasteiger partial charge in [-0.05, 0) is 36.0 Å². The van der Waals surface area contributed by atoms with Gasteiger partial charge in [0.25, 0.3) is 0 Å². The van der Waals surface area contributed by atoms with E-state index >= 15 is 0 Å². The Bertz CT molecular complexity index is 526. The third-order valence-corrected chi connectivity index (χ3v) is 4.23. The highest BCUT2D eigenvalue weighted by Gasteiger charge is 2.45. The number of hydrogen-bond donors (Lipinski definition) is 3. The summed E-state index contributed by atoms with van der Waals surface area (Å²) in [4.78, 5) is 23.4. The molecule has 0 radical (unpaired) electrons. The third-order valence-electron chi connectivity index (χ3n) is 4.23. The second-order valence-corrected chi connectivity index (χ2v) is 5.75. The number of amides is 1. The van der Waals surface area contributed by atoms with Crippen molar-refractivity contribution in [1.82, 2.24) is 5.32 Å². The van der Waals surface area contributed by atoms with E-state index in [1.165, 1.54) is 0 Å². The summed E-state index contributed by atoms with van der Waals surface area (Å²) in [6.45, 7) is 3.73. The first-order valence-corrected chi connectivity index (χ1v) is 7.26.